The molecule has 0 bridgehead atoms. The van der Waals surface area contributed by atoms with Crippen molar-refractivity contribution in [3.63, 3.8) is 0 Å². The van der Waals surface area contributed by atoms with Crippen LogP contribution in [-0.2, 0) is 9.53 Å². The van der Waals surface area contributed by atoms with Crippen LogP contribution in [0.5, 0.6) is 0 Å². The number of carboxylic acids is 1. The van der Waals surface area contributed by atoms with E-state index < -0.39 is 42.3 Å². The minimum absolute atomic E-state index is 0. The van der Waals surface area contributed by atoms with Gasteiger partial charge in [-0.2, -0.15) is 0 Å². The number of methoxy groups -OCH3 is 1. The van der Waals surface area contributed by atoms with Gasteiger partial charge in [-0.05, 0) is 67.4 Å². The van der Waals surface area contributed by atoms with Crippen LogP contribution in [0, 0.1) is 5.82 Å². The number of aliphatic carboxylic acids is 1. The standard InChI is InChI=1S/C35H35FN2O7.Na.H/c1-21(2)38-29(18-17-27(39)19-28(40)20-30(41)42)31(23-9-13-25(36)14-10-23)32(22-7-5-4-6-8-22)33(38)34(43)37-26-15-11-24(12-16-26)35(44)45-3;;/h4-18,21,27-28,39-40H,19-20H2,1-3H3,(H,37,43)(H,41,42);;/q;+1;-1. The molecule has 0 fully saturated rings. The molecule has 1 amide bonds. The van der Waals surface area contributed by atoms with Gasteiger partial charge < -0.3 is 31.4 Å². The maximum Gasteiger partial charge on any atom is 1.00 e. The molecule has 0 aliphatic carbocycles. The molecule has 3 aromatic carbocycles. The van der Waals surface area contributed by atoms with E-state index in [9.17, 15) is 29.0 Å². The number of carbonyl (C=O) groups is 3. The second-order valence-electron chi connectivity index (χ2n) is 10.8. The van der Waals surface area contributed by atoms with Crippen molar-refractivity contribution in [2.45, 2.75) is 44.9 Å². The molecule has 0 aliphatic heterocycles. The molecule has 11 heteroatoms. The SMILES string of the molecule is COC(=O)c1ccc(NC(=O)c2c(-c3ccccc3)c(-c3ccc(F)cc3)c(C=CC(O)CC(O)CC(=O)O)n2C(C)C)cc1.[H-].[Na+]. The molecule has 1 heterocycles. The second kappa shape index (κ2) is 16.5. The van der Waals surface area contributed by atoms with E-state index in [2.05, 4.69) is 5.32 Å². The van der Waals surface area contributed by atoms with Crippen LogP contribution in [-0.4, -0.2) is 57.1 Å². The number of amides is 1. The topological polar surface area (TPSA) is 138 Å². The molecule has 0 radical (unpaired) electrons. The molecule has 0 spiro atoms. The number of aliphatic hydroxyl groups excluding tert-OH is 2. The predicted octanol–water partition coefficient (Wildman–Crippen LogP) is 3.30. The number of hydrogen-bond acceptors (Lipinski definition) is 6. The molecule has 2 unspecified atom stereocenters. The van der Waals surface area contributed by atoms with Crippen molar-refractivity contribution >= 4 is 29.6 Å². The first kappa shape index (κ1) is 36.4. The Bertz CT molecular complexity index is 1690. The van der Waals surface area contributed by atoms with Gasteiger partial charge in [0.1, 0.15) is 11.5 Å². The van der Waals surface area contributed by atoms with E-state index in [0.717, 1.165) is 5.56 Å². The van der Waals surface area contributed by atoms with Gasteiger partial charge in [0.15, 0.2) is 0 Å². The average molecular weight is 639 g/mol. The number of anilines is 1. The van der Waals surface area contributed by atoms with Gasteiger partial charge in [-0.3, -0.25) is 9.59 Å². The molecule has 4 N–H and O–H groups in total. The fourth-order valence-electron chi connectivity index (χ4n) is 5.17. The molecule has 1 aromatic heterocycles. The van der Waals surface area contributed by atoms with Gasteiger partial charge in [0.2, 0.25) is 0 Å². The van der Waals surface area contributed by atoms with Crippen molar-refractivity contribution in [1.82, 2.24) is 4.57 Å². The summed E-state index contributed by atoms with van der Waals surface area (Å²) < 4.78 is 20.6. The van der Waals surface area contributed by atoms with E-state index in [4.69, 9.17) is 9.84 Å². The third-order valence-corrected chi connectivity index (χ3v) is 7.13. The first-order valence-electron chi connectivity index (χ1n) is 14.4. The first-order chi connectivity index (χ1) is 21.5. The van der Waals surface area contributed by atoms with Crippen LogP contribution in [0.2, 0.25) is 0 Å². The molecule has 9 nitrogen and oxygen atoms in total. The van der Waals surface area contributed by atoms with Crippen molar-refractivity contribution in [3.8, 4) is 22.3 Å². The zero-order valence-electron chi connectivity index (χ0n) is 27.1. The Labute approximate surface area is 290 Å². The van der Waals surface area contributed by atoms with E-state index in [1.54, 1.807) is 42.5 Å². The number of carboxylic acid groups (broad SMARTS) is 1. The van der Waals surface area contributed by atoms with Crippen molar-refractivity contribution in [1.29, 1.82) is 0 Å². The van der Waals surface area contributed by atoms with Crippen molar-refractivity contribution in [2.75, 3.05) is 12.4 Å². The quantitative estimate of drug-likeness (QED) is 0.138. The van der Waals surface area contributed by atoms with Crippen molar-refractivity contribution < 1.29 is 69.8 Å². The Morgan fingerprint density at radius 1 is 0.935 bits per heavy atom. The number of esters is 1. The summed E-state index contributed by atoms with van der Waals surface area (Å²) in [6.07, 6.45) is -0.113. The van der Waals surface area contributed by atoms with E-state index >= 15 is 0 Å². The summed E-state index contributed by atoms with van der Waals surface area (Å²) in [4.78, 5) is 37.1. The summed E-state index contributed by atoms with van der Waals surface area (Å²) in [5.74, 6) is -2.58. The molecule has 4 rings (SSSR count). The second-order valence-corrected chi connectivity index (χ2v) is 10.8. The van der Waals surface area contributed by atoms with Gasteiger partial charge in [-0.1, -0.05) is 48.5 Å². The third-order valence-electron chi connectivity index (χ3n) is 7.13. The molecule has 2 atom stereocenters. The zero-order chi connectivity index (χ0) is 32.7. The minimum Gasteiger partial charge on any atom is -1.00 e. The molecule has 236 valence electrons. The van der Waals surface area contributed by atoms with E-state index in [1.807, 2.05) is 48.7 Å². The molecule has 0 saturated heterocycles. The Hall–Kier alpha value is -4.06. The number of benzene rings is 3. The molecule has 4 aromatic rings. The number of rotatable bonds is 12. The monoisotopic (exact) mass is 638 g/mol. The van der Waals surface area contributed by atoms with Gasteiger partial charge in [0.05, 0.1) is 31.3 Å². The van der Waals surface area contributed by atoms with Gasteiger partial charge in [-0.15, -0.1) is 0 Å². The summed E-state index contributed by atoms with van der Waals surface area (Å²) in [5.41, 5.74) is 4.10. The predicted molar refractivity (Wildman–Crippen MR) is 170 cm³/mol. The number of aromatic nitrogens is 1. The van der Waals surface area contributed by atoms with Crippen molar-refractivity contribution in [2.24, 2.45) is 0 Å². The molecule has 46 heavy (non-hydrogen) atoms. The summed E-state index contributed by atoms with van der Waals surface area (Å²) in [6, 6.07) is 21.1. The number of halogens is 1. The normalized spacial score (nSPS) is 12.4. The molecular formula is C35H36FN2NaO7. The zero-order valence-corrected chi connectivity index (χ0v) is 28.1. The van der Waals surface area contributed by atoms with Crippen LogP contribution in [0.25, 0.3) is 28.3 Å². The number of hydrogen-bond donors (Lipinski definition) is 4. The van der Waals surface area contributed by atoms with Crippen molar-refractivity contribution in [3.05, 3.63) is 108 Å². The Morgan fingerprint density at radius 3 is 2.11 bits per heavy atom. The Kier molecular flexibility index (Phi) is 13.0. The van der Waals surface area contributed by atoms with Crippen LogP contribution in [0.1, 0.15) is 60.7 Å². The van der Waals surface area contributed by atoms with Gasteiger partial charge in [0.25, 0.3) is 5.91 Å². The number of nitrogens with zero attached hydrogens (tertiary/aromatic N) is 1. The summed E-state index contributed by atoms with van der Waals surface area (Å²) >= 11 is 0. The molecule has 0 aliphatic rings. The van der Waals surface area contributed by atoms with Gasteiger partial charge in [0, 0.05) is 35.0 Å². The van der Waals surface area contributed by atoms with Gasteiger partial charge >= 0.3 is 41.5 Å². The maximum absolute atomic E-state index is 14.2. The van der Waals surface area contributed by atoms with Crippen LogP contribution in [0.3, 0.4) is 0 Å². The average Bonchev–Trinajstić information content (AvgIpc) is 3.36. The van der Waals surface area contributed by atoms with Crippen LogP contribution in [0.15, 0.2) is 84.9 Å². The number of aliphatic hydroxyl groups is 2. The number of ether oxygens (including phenoxy) is 1. The van der Waals surface area contributed by atoms with E-state index in [1.165, 1.54) is 25.3 Å². The third kappa shape index (κ3) is 8.80. The largest absolute Gasteiger partial charge is 1.00 e. The summed E-state index contributed by atoms with van der Waals surface area (Å²) in [6.45, 7) is 3.80. The summed E-state index contributed by atoms with van der Waals surface area (Å²) in [5, 5.41) is 32.7. The number of carbonyl (C=O) groups excluding carboxylic acids is 2. The fourth-order valence-corrected chi connectivity index (χ4v) is 5.17. The molecular weight excluding hydrogens is 602 g/mol. The van der Waals surface area contributed by atoms with E-state index in [-0.39, 0.29) is 43.4 Å². The molecule has 0 saturated carbocycles. The van der Waals surface area contributed by atoms with E-state index in [0.29, 0.717) is 39.3 Å². The van der Waals surface area contributed by atoms with Crippen LogP contribution < -0.4 is 34.9 Å². The fraction of sp³-hybridized carbons (Fsp3) is 0.229. The Balaban J connectivity index is 0.00000384. The first-order valence-corrected chi connectivity index (χ1v) is 14.4. The van der Waals surface area contributed by atoms with Crippen LogP contribution >= 0.6 is 0 Å². The van der Waals surface area contributed by atoms with Crippen LogP contribution in [0.4, 0.5) is 10.1 Å². The number of nitrogens with one attached hydrogen (secondary N) is 1. The van der Waals surface area contributed by atoms with Gasteiger partial charge in [-0.25, -0.2) is 9.18 Å². The maximum atomic E-state index is 14.2. The Morgan fingerprint density at radius 2 is 1.54 bits per heavy atom. The summed E-state index contributed by atoms with van der Waals surface area (Å²) in [7, 11) is 1.28. The minimum atomic E-state index is -1.26. The smallest absolute Gasteiger partial charge is 1.00 e.